The Bertz CT molecular complexity index is 397. The predicted octanol–water partition coefficient (Wildman–Crippen LogP) is 1.72. The molecule has 2 rings (SSSR count). The minimum Gasteiger partial charge on any atom is -0.478 e. The zero-order chi connectivity index (χ0) is 13.0. The second-order valence-corrected chi connectivity index (χ2v) is 4.78. The molecule has 0 amide bonds. The Morgan fingerprint density at radius 1 is 1.44 bits per heavy atom. The van der Waals surface area contributed by atoms with Gasteiger partial charge in [0, 0.05) is 17.8 Å². The third kappa shape index (κ3) is 3.10. The lowest BCUT2D eigenvalue weighted by molar-refractivity contribution is 0.326. The van der Waals surface area contributed by atoms with Crippen molar-refractivity contribution in [3.63, 3.8) is 0 Å². The highest BCUT2D eigenvalue weighted by atomic mass is 16.5. The summed E-state index contributed by atoms with van der Waals surface area (Å²) >= 11 is 0. The molecule has 1 aliphatic carbocycles. The number of aromatic nitrogens is 2. The summed E-state index contributed by atoms with van der Waals surface area (Å²) in [5.41, 5.74) is 6.69. The van der Waals surface area contributed by atoms with E-state index >= 15 is 0 Å². The first-order valence-corrected chi connectivity index (χ1v) is 6.68. The van der Waals surface area contributed by atoms with Gasteiger partial charge in [0.25, 0.3) is 0 Å². The van der Waals surface area contributed by atoms with Gasteiger partial charge in [-0.15, -0.1) is 0 Å². The summed E-state index contributed by atoms with van der Waals surface area (Å²) in [6, 6.07) is 2.25. The number of ether oxygens (including phenoxy) is 1. The van der Waals surface area contributed by atoms with Gasteiger partial charge in [-0.2, -0.15) is 4.98 Å². The maximum absolute atomic E-state index is 5.78. The standard InChI is InChI=1S/C13H22N4O/c1-3-18-12-7-9(2)15-13(17-12)16-11-6-4-5-10(11)8-14/h7,10-11H,3-6,8,14H2,1-2H3,(H,15,16,17). The van der Waals surface area contributed by atoms with Crippen LogP contribution in [0, 0.1) is 12.8 Å². The Hall–Kier alpha value is -1.36. The second kappa shape index (κ2) is 6.00. The second-order valence-electron chi connectivity index (χ2n) is 4.78. The summed E-state index contributed by atoms with van der Waals surface area (Å²) in [6.45, 7) is 5.24. The first-order chi connectivity index (χ1) is 8.72. The van der Waals surface area contributed by atoms with Crippen LogP contribution in [0.25, 0.3) is 0 Å². The first kappa shape index (κ1) is 13.1. The van der Waals surface area contributed by atoms with Crippen LogP contribution in [0.15, 0.2) is 6.07 Å². The molecule has 0 radical (unpaired) electrons. The molecule has 1 fully saturated rings. The third-order valence-electron chi connectivity index (χ3n) is 3.40. The van der Waals surface area contributed by atoms with E-state index in [0.29, 0.717) is 30.4 Å². The van der Waals surface area contributed by atoms with Crippen LogP contribution >= 0.6 is 0 Å². The van der Waals surface area contributed by atoms with E-state index in [2.05, 4.69) is 15.3 Å². The number of hydrogen-bond acceptors (Lipinski definition) is 5. The Kier molecular flexibility index (Phi) is 4.36. The molecule has 100 valence electrons. The van der Waals surface area contributed by atoms with E-state index in [1.807, 2.05) is 19.9 Å². The molecule has 2 atom stereocenters. The summed E-state index contributed by atoms with van der Waals surface area (Å²) in [5, 5.41) is 3.40. The van der Waals surface area contributed by atoms with Crippen molar-refractivity contribution in [2.45, 2.75) is 39.2 Å². The monoisotopic (exact) mass is 250 g/mol. The molecule has 3 N–H and O–H groups in total. The van der Waals surface area contributed by atoms with Crippen LogP contribution in [0.5, 0.6) is 5.88 Å². The molecule has 0 bridgehead atoms. The maximum Gasteiger partial charge on any atom is 0.226 e. The molecule has 1 aromatic heterocycles. The van der Waals surface area contributed by atoms with Crippen LogP contribution in [0.1, 0.15) is 31.9 Å². The Balaban J connectivity index is 2.08. The predicted molar refractivity (Wildman–Crippen MR) is 71.7 cm³/mol. The van der Waals surface area contributed by atoms with Crippen molar-refractivity contribution in [1.29, 1.82) is 0 Å². The van der Waals surface area contributed by atoms with Crippen molar-refractivity contribution in [2.75, 3.05) is 18.5 Å². The number of nitrogens with one attached hydrogen (secondary N) is 1. The fourth-order valence-corrected chi connectivity index (χ4v) is 2.50. The van der Waals surface area contributed by atoms with Crippen LogP contribution in [0.2, 0.25) is 0 Å². The van der Waals surface area contributed by atoms with Crippen LogP contribution in [-0.4, -0.2) is 29.2 Å². The van der Waals surface area contributed by atoms with Gasteiger partial charge in [-0.25, -0.2) is 4.98 Å². The SMILES string of the molecule is CCOc1cc(C)nc(NC2CCCC2CN)n1. The van der Waals surface area contributed by atoms with Crippen LogP contribution in [0.3, 0.4) is 0 Å². The maximum atomic E-state index is 5.78. The minimum atomic E-state index is 0.395. The molecule has 18 heavy (non-hydrogen) atoms. The van der Waals surface area contributed by atoms with Gasteiger partial charge in [0.1, 0.15) is 0 Å². The van der Waals surface area contributed by atoms with Crippen molar-refractivity contribution in [3.05, 3.63) is 11.8 Å². The zero-order valence-corrected chi connectivity index (χ0v) is 11.1. The summed E-state index contributed by atoms with van der Waals surface area (Å²) < 4.78 is 5.43. The van der Waals surface area contributed by atoms with Crippen molar-refractivity contribution in [1.82, 2.24) is 9.97 Å². The smallest absolute Gasteiger partial charge is 0.226 e. The highest BCUT2D eigenvalue weighted by Gasteiger charge is 2.26. The van der Waals surface area contributed by atoms with Gasteiger partial charge in [0.05, 0.1) is 6.61 Å². The van der Waals surface area contributed by atoms with E-state index in [1.54, 1.807) is 0 Å². The average molecular weight is 250 g/mol. The lowest BCUT2D eigenvalue weighted by Crippen LogP contribution is -2.30. The lowest BCUT2D eigenvalue weighted by Gasteiger charge is -2.19. The number of aryl methyl sites for hydroxylation is 1. The van der Waals surface area contributed by atoms with Crippen LogP contribution < -0.4 is 15.8 Å². The molecular formula is C13H22N4O. The lowest BCUT2D eigenvalue weighted by atomic mass is 10.0. The van der Waals surface area contributed by atoms with Gasteiger partial charge in [-0.05, 0) is 39.2 Å². The average Bonchev–Trinajstić information content (AvgIpc) is 2.76. The van der Waals surface area contributed by atoms with E-state index in [0.717, 1.165) is 18.7 Å². The molecule has 0 aliphatic heterocycles. The van der Waals surface area contributed by atoms with Crippen LogP contribution in [0.4, 0.5) is 5.95 Å². The fraction of sp³-hybridized carbons (Fsp3) is 0.692. The highest BCUT2D eigenvalue weighted by molar-refractivity contribution is 5.32. The van der Waals surface area contributed by atoms with Gasteiger partial charge >= 0.3 is 0 Å². The van der Waals surface area contributed by atoms with Gasteiger partial charge in [-0.3, -0.25) is 0 Å². The summed E-state index contributed by atoms with van der Waals surface area (Å²) in [4.78, 5) is 8.78. The Morgan fingerprint density at radius 3 is 3.00 bits per heavy atom. The van der Waals surface area contributed by atoms with Crippen molar-refractivity contribution in [3.8, 4) is 5.88 Å². The van der Waals surface area contributed by atoms with Crippen molar-refractivity contribution in [2.24, 2.45) is 11.7 Å². The fourth-order valence-electron chi connectivity index (χ4n) is 2.50. The summed E-state index contributed by atoms with van der Waals surface area (Å²) in [7, 11) is 0. The molecule has 0 aromatic carbocycles. The van der Waals surface area contributed by atoms with Crippen LogP contribution in [-0.2, 0) is 0 Å². The van der Waals surface area contributed by atoms with Gasteiger partial charge in [-0.1, -0.05) is 6.42 Å². The minimum absolute atomic E-state index is 0.395. The quantitative estimate of drug-likeness (QED) is 0.832. The summed E-state index contributed by atoms with van der Waals surface area (Å²) in [5.74, 6) is 1.82. The van der Waals surface area contributed by atoms with E-state index in [9.17, 15) is 0 Å². The molecule has 1 saturated carbocycles. The van der Waals surface area contributed by atoms with Crippen molar-refractivity contribution < 1.29 is 4.74 Å². The van der Waals surface area contributed by atoms with Crippen molar-refractivity contribution >= 4 is 5.95 Å². The van der Waals surface area contributed by atoms with Gasteiger partial charge < -0.3 is 15.8 Å². The molecule has 0 saturated heterocycles. The molecule has 5 nitrogen and oxygen atoms in total. The van der Waals surface area contributed by atoms with Gasteiger partial charge in [0.15, 0.2) is 0 Å². The molecule has 1 aliphatic rings. The van der Waals surface area contributed by atoms with E-state index < -0.39 is 0 Å². The van der Waals surface area contributed by atoms with E-state index in [1.165, 1.54) is 12.8 Å². The topological polar surface area (TPSA) is 73.1 Å². The number of nitrogens with two attached hydrogens (primary N) is 1. The molecule has 0 spiro atoms. The van der Waals surface area contributed by atoms with E-state index in [-0.39, 0.29) is 0 Å². The molecule has 1 heterocycles. The zero-order valence-electron chi connectivity index (χ0n) is 11.1. The normalized spacial score (nSPS) is 23.1. The highest BCUT2D eigenvalue weighted by Crippen LogP contribution is 2.27. The molecule has 5 heteroatoms. The number of rotatable bonds is 5. The third-order valence-corrected chi connectivity index (χ3v) is 3.40. The summed E-state index contributed by atoms with van der Waals surface area (Å²) in [6.07, 6.45) is 3.56. The first-order valence-electron chi connectivity index (χ1n) is 6.68. The van der Waals surface area contributed by atoms with E-state index in [4.69, 9.17) is 10.5 Å². The number of anilines is 1. The number of hydrogen-bond donors (Lipinski definition) is 2. The molecular weight excluding hydrogens is 228 g/mol. The number of nitrogens with zero attached hydrogens (tertiary/aromatic N) is 2. The largest absolute Gasteiger partial charge is 0.478 e. The van der Waals surface area contributed by atoms with Gasteiger partial charge in [0.2, 0.25) is 11.8 Å². The Labute approximate surface area is 108 Å². The Morgan fingerprint density at radius 2 is 2.28 bits per heavy atom. The molecule has 2 unspecified atom stereocenters. The molecule has 1 aromatic rings.